The summed E-state index contributed by atoms with van der Waals surface area (Å²) >= 11 is 0. The predicted octanol–water partition coefficient (Wildman–Crippen LogP) is 3.54. The number of aromatic nitrogens is 2. The second-order valence-corrected chi connectivity index (χ2v) is 7.37. The van der Waals surface area contributed by atoms with Crippen molar-refractivity contribution in [3.05, 3.63) is 46.8 Å². The summed E-state index contributed by atoms with van der Waals surface area (Å²) in [6.07, 6.45) is 8.10. The van der Waals surface area contributed by atoms with Crippen molar-refractivity contribution in [2.75, 3.05) is 7.11 Å². The zero-order valence-corrected chi connectivity index (χ0v) is 16.5. The molecule has 2 aromatic rings. The summed E-state index contributed by atoms with van der Waals surface area (Å²) in [5.74, 6) is 0.850. The van der Waals surface area contributed by atoms with E-state index in [1.165, 1.54) is 36.4 Å². The SMILES string of the molecule is COc1ccc(-c2ccc(=O)n(CCCC(=O)NC3CCCCCC3)n2)cc1. The van der Waals surface area contributed by atoms with E-state index in [1.807, 2.05) is 24.3 Å². The smallest absolute Gasteiger partial charge is 0.266 e. The average Bonchev–Trinajstić information content (AvgIpc) is 2.98. The first kappa shape index (κ1) is 20.1. The Balaban J connectivity index is 1.54. The highest BCUT2D eigenvalue weighted by molar-refractivity contribution is 5.76. The predicted molar refractivity (Wildman–Crippen MR) is 109 cm³/mol. The highest BCUT2D eigenvalue weighted by Crippen LogP contribution is 2.20. The van der Waals surface area contributed by atoms with Crippen LogP contribution in [-0.2, 0) is 11.3 Å². The fourth-order valence-corrected chi connectivity index (χ4v) is 3.64. The number of amides is 1. The Bertz CT molecular complexity index is 822. The molecule has 0 saturated heterocycles. The van der Waals surface area contributed by atoms with Gasteiger partial charge in [0.05, 0.1) is 12.8 Å². The lowest BCUT2D eigenvalue weighted by atomic mass is 10.1. The lowest BCUT2D eigenvalue weighted by molar-refractivity contribution is -0.122. The molecule has 28 heavy (non-hydrogen) atoms. The van der Waals surface area contributed by atoms with Crippen molar-refractivity contribution >= 4 is 5.91 Å². The topological polar surface area (TPSA) is 73.2 Å². The lowest BCUT2D eigenvalue weighted by Gasteiger charge is -2.16. The van der Waals surface area contributed by atoms with Crippen LogP contribution < -0.4 is 15.6 Å². The van der Waals surface area contributed by atoms with Crippen LogP contribution in [0.3, 0.4) is 0 Å². The molecule has 1 aliphatic carbocycles. The number of hydrogen-bond donors (Lipinski definition) is 1. The molecule has 1 aliphatic rings. The van der Waals surface area contributed by atoms with Gasteiger partial charge in [-0.25, -0.2) is 4.68 Å². The molecule has 1 saturated carbocycles. The van der Waals surface area contributed by atoms with Crippen LogP contribution in [0.2, 0.25) is 0 Å². The molecule has 0 aliphatic heterocycles. The number of benzene rings is 1. The molecule has 0 atom stereocenters. The van der Waals surface area contributed by atoms with Gasteiger partial charge in [0.25, 0.3) is 5.56 Å². The fraction of sp³-hybridized carbons (Fsp3) is 0.500. The van der Waals surface area contributed by atoms with Gasteiger partial charge < -0.3 is 10.1 Å². The number of nitrogens with one attached hydrogen (secondary N) is 1. The molecule has 1 aromatic carbocycles. The minimum Gasteiger partial charge on any atom is -0.497 e. The van der Waals surface area contributed by atoms with Gasteiger partial charge in [0, 0.05) is 30.6 Å². The molecule has 0 radical (unpaired) electrons. The van der Waals surface area contributed by atoms with Crippen molar-refractivity contribution in [1.82, 2.24) is 15.1 Å². The van der Waals surface area contributed by atoms with E-state index >= 15 is 0 Å². The summed E-state index contributed by atoms with van der Waals surface area (Å²) in [4.78, 5) is 24.3. The number of hydrogen-bond acceptors (Lipinski definition) is 4. The number of carbonyl (C=O) groups is 1. The Morgan fingerprint density at radius 1 is 1.11 bits per heavy atom. The van der Waals surface area contributed by atoms with Gasteiger partial charge in [-0.15, -0.1) is 0 Å². The van der Waals surface area contributed by atoms with Gasteiger partial charge in [-0.2, -0.15) is 5.10 Å². The van der Waals surface area contributed by atoms with Crippen LogP contribution in [0.25, 0.3) is 11.3 Å². The summed E-state index contributed by atoms with van der Waals surface area (Å²) in [5.41, 5.74) is 1.49. The molecule has 0 unspecified atom stereocenters. The first-order chi connectivity index (χ1) is 13.7. The van der Waals surface area contributed by atoms with Crippen LogP contribution in [0.15, 0.2) is 41.2 Å². The number of rotatable bonds is 7. The fourth-order valence-electron chi connectivity index (χ4n) is 3.64. The van der Waals surface area contributed by atoms with Crippen molar-refractivity contribution in [3.8, 4) is 17.0 Å². The molecule has 0 spiro atoms. The summed E-state index contributed by atoms with van der Waals surface area (Å²) in [7, 11) is 1.62. The first-order valence-corrected chi connectivity index (χ1v) is 10.2. The van der Waals surface area contributed by atoms with E-state index in [4.69, 9.17) is 4.74 Å². The van der Waals surface area contributed by atoms with E-state index in [2.05, 4.69) is 10.4 Å². The lowest BCUT2D eigenvalue weighted by Crippen LogP contribution is -2.34. The molecule has 1 heterocycles. The number of carbonyl (C=O) groups excluding carboxylic acids is 1. The minimum absolute atomic E-state index is 0.0752. The van der Waals surface area contributed by atoms with E-state index in [1.54, 1.807) is 13.2 Å². The maximum absolute atomic E-state index is 12.2. The Morgan fingerprint density at radius 3 is 2.50 bits per heavy atom. The van der Waals surface area contributed by atoms with Gasteiger partial charge in [0.1, 0.15) is 5.75 Å². The van der Waals surface area contributed by atoms with Crippen LogP contribution in [0.5, 0.6) is 5.75 Å². The van der Waals surface area contributed by atoms with Crippen LogP contribution in [0.4, 0.5) is 0 Å². The second-order valence-electron chi connectivity index (χ2n) is 7.37. The molecular weight excluding hydrogens is 354 g/mol. The van der Waals surface area contributed by atoms with E-state index in [9.17, 15) is 9.59 Å². The van der Waals surface area contributed by atoms with Gasteiger partial charge in [-0.3, -0.25) is 9.59 Å². The van der Waals surface area contributed by atoms with E-state index in [0.717, 1.165) is 29.8 Å². The highest BCUT2D eigenvalue weighted by atomic mass is 16.5. The Hall–Kier alpha value is -2.63. The third-order valence-corrected chi connectivity index (χ3v) is 5.25. The number of nitrogens with zero attached hydrogens (tertiary/aromatic N) is 2. The number of methoxy groups -OCH3 is 1. The molecule has 6 nitrogen and oxygen atoms in total. The van der Waals surface area contributed by atoms with Gasteiger partial charge in [0.15, 0.2) is 0 Å². The maximum atomic E-state index is 12.2. The Morgan fingerprint density at radius 2 is 1.82 bits per heavy atom. The number of ether oxygens (including phenoxy) is 1. The van der Waals surface area contributed by atoms with Crippen LogP contribution in [0, 0.1) is 0 Å². The Kier molecular flexibility index (Phi) is 7.23. The van der Waals surface area contributed by atoms with Crippen LogP contribution in [0.1, 0.15) is 51.4 Å². The molecular formula is C22H29N3O3. The first-order valence-electron chi connectivity index (χ1n) is 10.2. The van der Waals surface area contributed by atoms with Gasteiger partial charge in [0.2, 0.25) is 5.91 Å². The normalized spacial score (nSPS) is 15.0. The maximum Gasteiger partial charge on any atom is 0.266 e. The van der Waals surface area contributed by atoms with Crippen LogP contribution >= 0.6 is 0 Å². The summed E-state index contributed by atoms with van der Waals surface area (Å²) in [6, 6.07) is 11.1. The standard InChI is InChI=1S/C22H29N3O3/c1-28-19-12-10-17(11-13-19)20-14-15-22(27)25(24-20)16-6-9-21(26)23-18-7-4-2-3-5-8-18/h10-15,18H,2-9,16H2,1H3,(H,23,26). The zero-order chi connectivity index (χ0) is 19.8. The van der Waals surface area contributed by atoms with Crippen molar-refractivity contribution in [2.24, 2.45) is 0 Å². The largest absolute Gasteiger partial charge is 0.497 e. The van der Waals surface area contributed by atoms with Crippen LogP contribution in [-0.4, -0.2) is 28.8 Å². The minimum atomic E-state index is -0.151. The van der Waals surface area contributed by atoms with E-state index in [0.29, 0.717) is 25.4 Å². The van der Waals surface area contributed by atoms with Gasteiger partial charge in [-0.05, 0) is 49.6 Å². The zero-order valence-electron chi connectivity index (χ0n) is 16.5. The molecule has 1 aromatic heterocycles. The summed E-state index contributed by atoms with van der Waals surface area (Å²) < 4.78 is 6.61. The Labute approximate surface area is 165 Å². The number of aryl methyl sites for hydroxylation is 1. The van der Waals surface area contributed by atoms with Gasteiger partial charge >= 0.3 is 0 Å². The molecule has 3 rings (SSSR count). The molecule has 6 heteroatoms. The average molecular weight is 383 g/mol. The van der Waals surface area contributed by atoms with Crippen molar-refractivity contribution in [1.29, 1.82) is 0 Å². The second kappa shape index (κ2) is 10.1. The molecule has 1 fully saturated rings. The quantitative estimate of drug-likeness (QED) is 0.742. The monoisotopic (exact) mass is 383 g/mol. The summed E-state index contributed by atoms with van der Waals surface area (Å²) in [6.45, 7) is 0.431. The molecule has 0 bridgehead atoms. The van der Waals surface area contributed by atoms with Crippen molar-refractivity contribution in [2.45, 2.75) is 64.0 Å². The third kappa shape index (κ3) is 5.68. The molecule has 1 amide bonds. The summed E-state index contributed by atoms with van der Waals surface area (Å²) in [5, 5.41) is 7.60. The highest BCUT2D eigenvalue weighted by Gasteiger charge is 2.14. The molecule has 1 N–H and O–H groups in total. The van der Waals surface area contributed by atoms with E-state index in [-0.39, 0.29) is 11.5 Å². The molecule has 150 valence electrons. The third-order valence-electron chi connectivity index (χ3n) is 5.25. The van der Waals surface area contributed by atoms with E-state index < -0.39 is 0 Å². The van der Waals surface area contributed by atoms with Crippen molar-refractivity contribution in [3.63, 3.8) is 0 Å². The van der Waals surface area contributed by atoms with Crippen molar-refractivity contribution < 1.29 is 9.53 Å². The van der Waals surface area contributed by atoms with Gasteiger partial charge in [-0.1, -0.05) is 25.7 Å².